The Labute approximate surface area is 170 Å². The Morgan fingerprint density at radius 3 is 2.54 bits per heavy atom. The first-order valence-electron chi connectivity index (χ1n) is 9.43. The largest absolute Gasteiger partial charge is 0.469 e. The van der Waals surface area contributed by atoms with Crippen LogP contribution in [0.5, 0.6) is 0 Å². The zero-order chi connectivity index (χ0) is 20.4. The monoisotopic (exact) mass is 425 g/mol. The highest BCUT2D eigenvalue weighted by molar-refractivity contribution is 7.46. The number of thiophene rings is 1. The molecule has 0 fully saturated rings. The van der Waals surface area contributed by atoms with Gasteiger partial charge in [0.15, 0.2) is 5.78 Å². The van der Waals surface area contributed by atoms with Crippen LogP contribution in [-0.4, -0.2) is 28.7 Å². The summed E-state index contributed by atoms with van der Waals surface area (Å²) >= 11 is 1.50. The van der Waals surface area contributed by atoms with E-state index in [0.717, 1.165) is 29.0 Å². The summed E-state index contributed by atoms with van der Waals surface area (Å²) in [6.45, 7) is 0.420. The Morgan fingerprint density at radius 2 is 1.86 bits per heavy atom. The average Bonchev–Trinajstić information content (AvgIpc) is 3.13. The van der Waals surface area contributed by atoms with Crippen LogP contribution in [0.4, 0.5) is 0 Å². The first-order chi connectivity index (χ1) is 13.4. The molecule has 1 unspecified atom stereocenters. The number of carbonyl (C=O) groups is 1. The van der Waals surface area contributed by atoms with E-state index in [1.807, 2.05) is 30.3 Å². The molecule has 1 aromatic carbocycles. The van der Waals surface area contributed by atoms with Gasteiger partial charge in [-0.25, -0.2) is 4.57 Å². The van der Waals surface area contributed by atoms with Crippen molar-refractivity contribution in [2.24, 2.45) is 11.7 Å². The van der Waals surface area contributed by atoms with E-state index in [-0.39, 0.29) is 18.3 Å². The molecular formula is C20H28NO5PS. The smallest absolute Gasteiger partial charge is 0.330 e. The van der Waals surface area contributed by atoms with Crippen LogP contribution in [0.15, 0.2) is 42.5 Å². The number of Topliss-reactive ketones (excluding diaryl/α,β-unsaturated/α-hetero) is 1. The maximum atomic E-state index is 12.4. The molecule has 0 aliphatic carbocycles. The van der Waals surface area contributed by atoms with Gasteiger partial charge in [0.05, 0.1) is 11.5 Å². The third kappa shape index (κ3) is 8.78. The van der Waals surface area contributed by atoms with Crippen molar-refractivity contribution < 1.29 is 23.7 Å². The van der Waals surface area contributed by atoms with Gasteiger partial charge in [0.1, 0.15) is 0 Å². The van der Waals surface area contributed by atoms with E-state index in [2.05, 4.69) is 16.7 Å². The van der Waals surface area contributed by atoms with Crippen molar-refractivity contribution in [2.45, 2.75) is 38.5 Å². The van der Waals surface area contributed by atoms with Gasteiger partial charge in [-0.3, -0.25) is 9.32 Å². The van der Waals surface area contributed by atoms with E-state index in [1.165, 1.54) is 16.9 Å². The highest BCUT2D eigenvalue weighted by Crippen LogP contribution is 2.37. The van der Waals surface area contributed by atoms with Crippen LogP contribution in [0.2, 0.25) is 0 Å². The molecular weight excluding hydrogens is 397 g/mol. The number of nitrogens with two attached hydrogens (primary N) is 1. The van der Waals surface area contributed by atoms with Crippen LogP contribution in [0, 0.1) is 5.92 Å². The number of benzene rings is 1. The third-order valence-electron chi connectivity index (χ3n) is 4.50. The highest BCUT2D eigenvalue weighted by atomic mass is 32.1. The summed E-state index contributed by atoms with van der Waals surface area (Å²) in [5.74, 6) is 0.139. The number of rotatable bonds is 13. The van der Waals surface area contributed by atoms with Crippen LogP contribution in [-0.2, 0) is 21.9 Å². The summed E-state index contributed by atoms with van der Waals surface area (Å²) in [4.78, 5) is 31.9. The molecule has 28 heavy (non-hydrogen) atoms. The van der Waals surface area contributed by atoms with Crippen molar-refractivity contribution in [1.29, 1.82) is 0 Å². The van der Waals surface area contributed by atoms with Crippen LogP contribution < -0.4 is 5.73 Å². The Balaban J connectivity index is 1.78. The topological polar surface area (TPSA) is 110 Å². The zero-order valence-corrected chi connectivity index (χ0v) is 17.5. The number of carbonyl (C=O) groups excluding carboxylic acids is 1. The molecule has 0 radical (unpaired) electrons. The molecule has 0 saturated heterocycles. The lowest BCUT2D eigenvalue weighted by molar-refractivity contribution is 0.0984. The Bertz CT molecular complexity index is 774. The lowest BCUT2D eigenvalue weighted by Crippen LogP contribution is -2.15. The Hall–Kier alpha value is -1.34. The summed E-state index contributed by atoms with van der Waals surface area (Å²) in [7, 11) is -4.46. The van der Waals surface area contributed by atoms with E-state index in [9.17, 15) is 9.36 Å². The zero-order valence-electron chi connectivity index (χ0n) is 15.8. The maximum absolute atomic E-state index is 12.4. The molecule has 0 amide bonds. The van der Waals surface area contributed by atoms with Crippen LogP contribution >= 0.6 is 19.2 Å². The molecule has 1 aromatic heterocycles. The quantitative estimate of drug-likeness (QED) is 0.331. The van der Waals surface area contributed by atoms with Crippen molar-refractivity contribution in [3.63, 3.8) is 0 Å². The summed E-state index contributed by atoms with van der Waals surface area (Å²) in [6.07, 6.45) is 4.33. The van der Waals surface area contributed by atoms with Gasteiger partial charge in [-0.05, 0) is 62.3 Å². The third-order valence-corrected chi connectivity index (χ3v) is 6.17. The van der Waals surface area contributed by atoms with E-state index >= 15 is 0 Å². The van der Waals surface area contributed by atoms with E-state index in [4.69, 9.17) is 15.5 Å². The molecule has 2 aromatic rings. The van der Waals surface area contributed by atoms with Gasteiger partial charge in [0.25, 0.3) is 0 Å². The van der Waals surface area contributed by atoms with Crippen molar-refractivity contribution in [3.8, 4) is 0 Å². The molecule has 1 atom stereocenters. The molecule has 0 saturated carbocycles. The van der Waals surface area contributed by atoms with Crippen LogP contribution in [0.25, 0.3) is 0 Å². The van der Waals surface area contributed by atoms with Gasteiger partial charge in [-0.2, -0.15) is 0 Å². The van der Waals surface area contributed by atoms with Crippen molar-refractivity contribution in [2.75, 3.05) is 13.2 Å². The summed E-state index contributed by atoms with van der Waals surface area (Å²) in [5.41, 5.74) is 6.82. The second kappa shape index (κ2) is 11.6. The van der Waals surface area contributed by atoms with Crippen molar-refractivity contribution in [1.82, 2.24) is 0 Å². The maximum Gasteiger partial charge on any atom is 0.469 e. The summed E-state index contributed by atoms with van der Waals surface area (Å²) in [5, 5.41) is 0. The molecule has 8 heteroatoms. The number of hydrogen-bond donors (Lipinski definition) is 3. The first kappa shape index (κ1) is 22.9. The van der Waals surface area contributed by atoms with Crippen molar-refractivity contribution in [3.05, 3.63) is 57.8 Å². The summed E-state index contributed by atoms with van der Waals surface area (Å²) in [6, 6.07) is 14.0. The Kier molecular flexibility index (Phi) is 9.51. The molecule has 0 bridgehead atoms. The first-order valence-corrected chi connectivity index (χ1v) is 11.8. The predicted molar refractivity (Wildman–Crippen MR) is 112 cm³/mol. The minimum atomic E-state index is -4.46. The lowest BCUT2D eigenvalue weighted by Gasteiger charge is -2.16. The highest BCUT2D eigenvalue weighted by Gasteiger charge is 2.18. The van der Waals surface area contributed by atoms with E-state index < -0.39 is 7.82 Å². The number of phosphoric ester groups is 1. The number of ketones is 1. The number of phosphoric acid groups is 1. The van der Waals surface area contributed by atoms with Crippen LogP contribution in [0.1, 0.15) is 45.8 Å². The van der Waals surface area contributed by atoms with Gasteiger partial charge in [0, 0.05) is 11.3 Å². The number of aryl methyl sites for hydroxylation is 2. The molecule has 154 valence electrons. The number of hydrogen-bond acceptors (Lipinski definition) is 5. The molecule has 0 spiro atoms. The van der Waals surface area contributed by atoms with Crippen molar-refractivity contribution >= 4 is 24.9 Å². The van der Waals surface area contributed by atoms with Gasteiger partial charge < -0.3 is 15.5 Å². The second-order valence-corrected chi connectivity index (χ2v) is 9.20. The fourth-order valence-electron chi connectivity index (χ4n) is 2.98. The Morgan fingerprint density at radius 1 is 1.11 bits per heavy atom. The van der Waals surface area contributed by atoms with Gasteiger partial charge in [-0.15, -0.1) is 11.3 Å². The average molecular weight is 425 g/mol. The molecule has 6 nitrogen and oxygen atoms in total. The van der Waals surface area contributed by atoms with E-state index in [0.29, 0.717) is 25.8 Å². The van der Waals surface area contributed by atoms with Gasteiger partial charge >= 0.3 is 7.82 Å². The standard InChI is InChI=1S/C20H28NO5PS/c21-14-13-17(15-26-27(23,24)25)9-10-18-11-12-20(28-18)19(22)8-4-7-16-5-2-1-3-6-16/h1-3,5-6,11-12,17H,4,7-10,13-15,21H2,(H2,23,24,25). The normalized spacial score (nSPS) is 12.8. The molecule has 0 aliphatic heterocycles. The van der Waals surface area contributed by atoms with Gasteiger partial charge in [0.2, 0.25) is 0 Å². The molecule has 4 N–H and O–H groups in total. The lowest BCUT2D eigenvalue weighted by atomic mass is 10.00. The van der Waals surface area contributed by atoms with E-state index in [1.54, 1.807) is 0 Å². The SMILES string of the molecule is NCCC(CCc1ccc(C(=O)CCCc2ccccc2)s1)COP(=O)(O)O. The molecule has 0 aliphatic rings. The van der Waals surface area contributed by atoms with Gasteiger partial charge in [-0.1, -0.05) is 30.3 Å². The second-order valence-electron chi connectivity index (χ2n) is 6.80. The van der Waals surface area contributed by atoms with Crippen LogP contribution in [0.3, 0.4) is 0 Å². The molecule has 1 heterocycles. The summed E-state index contributed by atoms with van der Waals surface area (Å²) < 4.78 is 15.5. The fraction of sp³-hybridized carbons (Fsp3) is 0.450. The molecule has 2 rings (SSSR count). The fourth-order valence-corrected chi connectivity index (χ4v) is 4.37. The minimum absolute atomic E-state index is 0.0157. The minimum Gasteiger partial charge on any atom is -0.330 e. The predicted octanol–water partition coefficient (Wildman–Crippen LogP) is 3.96.